The van der Waals surface area contributed by atoms with Gasteiger partial charge in [0.25, 0.3) is 0 Å². The van der Waals surface area contributed by atoms with Crippen LogP contribution in [0.3, 0.4) is 0 Å². The van der Waals surface area contributed by atoms with Crippen LogP contribution in [0.2, 0.25) is 0 Å². The fourth-order valence-electron chi connectivity index (χ4n) is 2.83. The highest BCUT2D eigenvalue weighted by atomic mass is 16.3. The minimum atomic E-state index is 0.787. The van der Waals surface area contributed by atoms with E-state index in [4.69, 9.17) is 9.40 Å². The summed E-state index contributed by atoms with van der Waals surface area (Å²) in [5.41, 5.74) is 5.97. The molecule has 0 saturated heterocycles. The van der Waals surface area contributed by atoms with E-state index >= 15 is 0 Å². The molecule has 0 unspecified atom stereocenters. The molecule has 0 radical (unpaired) electrons. The molecular weight excluding hydrogens is 298 g/mol. The highest BCUT2D eigenvalue weighted by molar-refractivity contribution is 5.81. The van der Waals surface area contributed by atoms with Gasteiger partial charge in [-0.3, -0.25) is 4.99 Å². The van der Waals surface area contributed by atoms with E-state index in [1.807, 2.05) is 12.1 Å². The van der Waals surface area contributed by atoms with E-state index < -0.39 is 0 Å². The fourth-order valence-corrected chi connectivity index (χ4v) is 2.83. The van der Waals surface area contributed by atoms with E-state index in [9.17, 15) is 0 Å². The lowest BCUT2D eigenvalue weighted by Crippen LogP contribution is -2.09. The van der Waals surface area contributed by atoms with Crippen LogP contribution in [0.25, 0.3) is 22.6 Å². The van der Waals surface area contributed by atoms with Crippen molar-refractivity contribution >= 4 is 16.8 Å². The predicted octanol–water partition coefficient (Wildman–Crippen LogP) is 4.68. The molecule has 126 valence electrons. The number of nitrogens with one attached hydrogen (secondary N) is 1. The summed E-state index contributed by atoms with van der Waals surface area (Å²) in [6.45, 7) is 10.2. The molecule has 1 aromatic rings. The number of aromatic nitrogens is 1. The average Bonchev–Trinajstić information content (AvgIpc) is 2.55. The molecule has 0 atom stereocenters. The van der Waals surface area contributed by atoms with E-state index in [-0.39, 0.29) is 0 Å². The monoisotopic (exact) mass is 323 g/mol. The van der Waals surface area contributed by atoms with Crippen molar-refractivity contribution in [2.45, 2.75) is 40.5 Å². The number of aryl methyl sites for hydroxylation is 2. The number of rotatable bonds is 5. The Morgan fingerprint density at radius 3 is 2.67 bits per heavy atom. The van der Waals surface area contributed by atoms with Crippen LogP contribution < -0.4 is 10.7 Å². The molecule has 0 bridgehead atoms. The molecule has 0 saturated carbocycles. The van der Waals surface area contributed by atoms with Crippen molar-refractivity contribution in [3.05, 3.63) is 40.7 Å². The van der Waals surface area contributed by atoms with Gasteiger partial charge in [-0.05, 0) is 50.5 Å². The molecule has 1 aliphatic carbocycles. The predicted molar refractivity (Wildman–Crippen MR) is 99.6 cm³/mol. The zero-order valence-electron chi connectivity index (χ0n) is 14.9. The summed E-state index contributed by atoms with van der Waals surface area (Å²) in [5, 5.41) is 4.36. The first-order chi connectivity index (χ1) is 11.6. The van der Waals surface area contributed by atoms with Crippen LogP contribution in [-0.4, -0.2) is 18.1 Å². The Hall–Kier alpha value is -2.36. The average molecular weight is 323 g/mol. The normalized spacial score (nSPS) is 12.2. The maximum absolute atomic E-state index is 6.13. The number of unbranched alkanes of at least 4 members (excludes halogenated alkanes) is 1. The van der Waals surface area contributed by atoms with Gasteiger partial charge in [-0.1, -0.05) is 13.3 Å². The Morgan fingerprint density at radius 1 is 1.08 bits per heavy atom. The standard InChI is InChI=1S/C20H25N3O/c1-5-7-8-22-16-12-20-18(10-14(16)4)23-17-9-13(3)15(21-6-2)11-19(17)24-20/h9-12,21H,5-8H2,1-4H3/b22-16-. The molecule has 24 heavy (non-hydrogen) atoms. The highest BCUT2D eigenvalue weighted by Gasteiger charge is 2.12. The lowest BCUT2D eigenvalue weighted by atomic mass is 10.1. The number of anilines is 1. The Bertz CT molecular complexity index is 895. The second-order valence-electron chi connectivity index (χ2n) is 6.22. The minimum Gasteiger partial charge on any atom is -0.453 e. The largest absolute Gasteiger partial charge is 0.453 e. The second kappa shape index (κ2) is 7.04. The molecular formula is C20H25N3O. The smallest absolute Gasteiger partial charge is 0.155 e. The van der Waals surface area contributed by atoms with Gasteiger partial charge in [-0.2, -0.15) is 0 Å². The molecule has 0 aromatic heterocycles. The Kier molecular flexibility index (Phi) is 4.84. The van der Waals surface area contributed by atoms with Crippen molar-refractivity contribution in [3.63, 3.8) is 0 Å². The molecule has 0 fully saturated rings. The van der Waals surface area contributed by atoms with Gasteiger partial charge in [0.05, 0.1) is 5.36 Å². The number of fused-ring (bicyclic) bond motifs is 2. The molecule has 1 N–H and O–H groups in total. The maximum atomic E-state index is 6.13. The first-order valence-corrected chi connectivity index (χ1v) is 8.72. The number of hydrogen-bond donors (Lipinski definition) is 1. The van der Waals surface area contributed by atoms with Crippen LogP contribution in [-0.2, 0) is 0 Å². The van der Waals surface area contributed by atoms with Crippen LogP contribution in [0.15, 0.2) is 33.7 Å². The van der Waals surface area contributed by atoms with Crippen molar-refractivity contribution in [1.29, 1.82) is 0 Å². The molecule has 4 nitrogen and oxygen atoms in total. The Balaban J connectivity index is 2.15. The summed E-state index contributed by atoms with van der Waals surface area (Å²) in [7, 11) is 0. The molecule has 0 amide bonds. The van der Waals surface area contributed by atoms with Gasteiger partial charge < -0.3 is 9.73 Å². The van der Waals surface area contributed by atoms with Gasteiger partial charge >= 0.3 is 0 Å². The van der Waals surface area contributed by atoms with Crippen molar-refractivity contribution in [3.8, 4) is 11.5 Å². The van der Waals surface area contributed by atoms with Gasteiger partial charge in [0.2, 0.25) is 0 Å². The van der Waals surface area contributed by atoms with Gasteiger partial charge in [0.1, 0.15) is 11.2 Å². The van der Waals surface area contributed by atoms with Crippen molar-refractivity contribution in [2.75, 3.05) is 18.4 Å². The topological polar surface area (TPSA) is 50.4 Å². The van der Waals surface area contributed by atoms with Crippen molar-refractivity contribution in [1.82, 2.24) is 4.98 Å². The van der Waals surface area contributed by atoms with Gasteiger partial charge in [0, 0.05) is 30.9 Å². The third-order valence-corrected chi connectivity index (χ3v) is 4.21. The second-order valence-corrected chi connectivity index (χ2v) is 6.22. The van der Waals surface area contributed by atoms with Crippen LogP contribution >= 0.6 is 0 Å². The summed E-state index contributed by atoms with van der Waals surface area (Å²) < 4.78 is 6.13. The lowest BCUT2D eigenvalue weighted by Gasteiger charge is -2.11. The minimum absolute atomic E-state index is 0.787. The molecule has 0 spiro atoms. The quantitative estimate of drug-likeness (QED) is 0.548. The van der Waals surface area contributed by atoms with Crippen molar-refractivity contribution in [2.24, 2.45) is 4.99 Å². The van der Waals surface area contributed by atoms with Gasteiger partial charge in [0.15, 0.2) is 11.3 Å². The van der Waals surface area contributed by atoms with Crippen molar-refractivity contribution < 1.29 is 4.42 Å². The summed E-state index contributed by atoms with van der Waals surface area (Å²) >= 11 is 0. The molecule has 1 heterocycles. The zero-order valence-corrected chi connectivity index (χ0v) is 14.9. The van der Waals surface area contributed by atoms with Crippen LogP contribution in [0.4, 0.5) is 5.69 Å². The SMILES string of the molecule is CCCC/N=c1/cc2oc3cc(NCC)c(C)cc3nc-2cc1C. The third kappa shape index (κ3) is 3.28. The number of nitrogens with zero attached hydrogens (tertiary/aromatic N) is 2. The van der Waals surface area contributed by atoms with E-state index in [2.05, 4.69) is 50.1 Å². The fraction of sp³-hybridized carbons (Fsp3) is 0.400. The van der Waals surface area contributed by atoms with Gasteiger partial charge in [-0.15, -0.1) is 0 Å². The summed E-state index contributed by atoms with van der Waals surface area (Å²) in [6.07, 6.45) is 2.26. The number of hydrogen-bond acceptors (Lipinski definition) is 4. The number of benzene rings is 2. The first-order valence-electron chi connectivity index (χ1n) is 8.72. The molecule has 4 heteroatoms. The Labute approximate surface area is 143 Å². The van der Waals surface area contributed by atoms with Gasteiger partial charge in [-0.25, -0.2) is 4.98 Å². The van der Waals surface area contributed by atoms with Crippen LogP contribution in [0.1, 0.15) is 37.8 Å². The van der Waals surface area contributed by atoms with E-state index in [0.29, 0.717) is 0 Å². The lowest BCUT2D eigenvalue weighted by molar-refractivity contribution is 0.611. The van der Waals surface area contributed by atoms with Crippen LogP contribution in [0.5, 0.6) is 0 Å². The highest BCUT2D eigenvalue weighted by Crippen LogP contribution is 2.28. The first kappa shape index (κ1) is 16.5. The summed E-state index contributed by atoms with van der Waals surface area (Å²) in [4.78, 5) is 9.46. The summed E-state index contributed by atoms with van der Waals surface area (Å²) in [6, 6.07) is 8.19. The third-order valence-electron chi connectivity index (χ3n) is 4.21. The molecule has 2 aliphatic rings. The van der Waals surface area contributed by atoms with Crippen LogP contribution in [0, 0.1) is 13.8 Å². The molecule has 3 rings (SSSR count). The summed E-state index contributed by atoms with van der Waals surface area (Å²) in [5.74, 6) is 0.787. The zero-order chi connectivity index (χ0) is 17.1. The molecule has 1 aliphatic heterocycles. The maximum Gasteiger partial charge on any atom is 0.155 e. The van der Waals surface area contributed by atoms with E-state index in [1.54, 1.807) is 0 Å². The molecule has 1 aromatic carbocycles. The van der Waals surface area contributed by atoms with E-state index in [1.165, 1.54) is 5.56 Å². The van der Waals surface area contributed by atoms with E-state index in [0.717, 1.165) is 65.1 Å². The Morgan fingerprint density at radius 2 is 1.92 bits per heavy atom.